The fourth-order valence-corrected chi connectivity index (χ4v) is 6.16. The van der Waals surface area contributed by atoms with Crippen molar-refractivity contribution in [3.05, 3.63) is 56.0 Å². The quantitative estimate of drug-likeness (QED) is 0.298. The summed E-state index contributed by atoms with van der Waals surface area (Å²) in [5.41, 5.74) is 8.06. The molecule has 0 radical (unpaired) electrons. The molecule has 0 bridgehead atoms. The summed E-state index contributed by atoms with van der Waals surface area (Å²) in [6.07, 6.45) is 7.32. The number of aliphatic imine (C=N–C) groups is 1. The van der Waals surface area contributed by atoms with Crippen LogP contribution >= 0.6 is 34.4 Å². The molecule has 190 valence electrons. The van der Waals surface area contributed by atoms with E-state index in [1.165, 1.54) is 23.7 Å². The van der Waals surface area contributed by atoms with Gasteiger partial charge in [-0.15, -0.1) is 0 Å². The van der Waals surface area contributed by atoms with Crippen LogP contribution in [-0.2, 0) is 9.59 Å². The minimum Gasteiger partial charge on any atom is -0.490 e. The van der Waals surface area contributed by atoms with Gasteiger partial charge in [0.2, 0.25) is 0 Å². The number of nitrogens with zero attached hydrogens (tertiary/aromatic N) is 2. The number of amidine groups is 1. The Bertz CT molecular complexity index is 1190. The number of ether oxygens (including phenoxy) is 2. The first-order chi connectivity index (χ1) is 17.4. The standard InChI is InChI=1S/C27H30IN3O4S/c1-3-34-22-14-18(13-21(28)25(22)35-16-24(29)32)15-23-26(33)31(20-7-5-4-6-8-20)27(36-23)30-19-11-9-17(2)10-12-19/h9-15,20H,3-8,16H2,1-2H3,(H2,29,32)/b23-15+,30-27?. The van der Waals surface area contributed by atoms with Crippen LogP contribution in [0.1, 0.15) is 50.2 Å². The van der Waals surface area contributed by atoms with Gasteiger partial charge in [0.1, 0.15) is 0 Å². The van der Waals surface area contributed by atoms with E-state index in [2.05, 4.69) is 22.6 Å². The van der Waals surface area contributed by atoms with Crippen molar-refractivity contribution in [3.63, 3.8) is 0 Å². The third kappa shape index (κ3) is 6.42. The lowest BCUT2D eigenvalue weighted by atomic mass is 9.94. The van der Waals surface area contributed by atoms with Gasteiger partial charge in [-0.3, -0.25) is 14.5 Å². The zero-order valence-electron chi connectivity index (χ0n) is 20.5. The Labute approximate surface area is 229 Å². The zero-order valence-corrected chi connectivity index (χ0v) is 23.4. The van der Waals surface area contributed by atoms with Crippen molar-refractivity contribution in [2.24, 2.45) is 10.7 Å². The van der Waals surface area contributed by atoms with Gasteiger partial charge in [0, 0.05) is 6.04 Å². The van der Waals surface area contributed by atoms with Gasteiger partial charge < -0.3 is 15.2 Å². The van der Waals surface area contributed by atoms with Crippen LogP contribution in [-0.4, -0.2) is 41.1 Å². The Morgan fingerprint density at radius 1 is 1.19 bits per heavy atom. The number of rotatable bonds is 8. The molecule has 1 heterocycles. The molecule has 1 aliphatic heterocycles. The molecule has 1 saturated heterocycles. The largest absolute Gasteiger partial charge is 0.490 e. The second kappa shape index (κ2) is 12.1. The predicted octanol–water partition coefficient (Wildman–Crippen LogP) is 5.80. The predicted molar refractivity (Wildman–Crippen MR) is 153 cm³/mol. The molecule has 36 heavy (non-hydrogen) atoms. The van der Waals surface area contributed by atoms with Crippen LogP contribution < -0.4 is 15.2 Å². The summed E-state index contributed by atoms with van der Waals surface area (Å²) in [7, 11) is 0. The molecule has 0 spiro atoms. The van der Waals surface area contributed by atoms with Crippen LogP contribution in [0.5, 0.6) is 11.5 Å². The van der Waals surface area contributed by atoms with Gasteiger partial charge in [-0.05, 0) is 96.9 Å². The average molecular weight is 620 g/mol. The van der Waals surface area contributed by atoms with E-state index in [0.717, 1.165) is 45.7 Å². The molecule has 0 atom stereocenters. The molecule has 1 aliphatic carbocycles. The number of hydrogen-bond acceptors (Lipinski definition) is 6. The smallest absolute Gasteiger partial charge is 0.267 e. The Morgan fingerprint density at radius 3 is 2.58 bits per heavy atom. The topological polar surface area (TPSA) is 94.2 Å². The van der Waals surface area contributed by atoms with Crippen LogP contribution in [0.25, 0.3) is 6.08 Å². The molecule has 9 heteroatoms. The van der Waals surface area contributed by atoms with Crippen LogP contribution in [0.2, 0.25) is 0 Å². The first kappa shape index (κ1) is 26.5. The zero-order chi connectivity index (χ0) is 25.7. The van der Waals surface area contributed by atoms with Crippen LogP contribution in [0, 0.1) is 10.5 Å². The van der Waals surface area contributed by atoms with Crippen LogP contribution in [0.3, 0.4) is 0 Å². The fraction of sp³-hybridized carbons (Fsp3) is 0.370. The second-order valence-corrected chi connectivity index (χ2v) is 11.0. The highest BCUT2D eigenvalue weighted by atomic mass is 127. The highest BCUT2D eigenvalue weighted by molar-refractivity contribution is 14.1. The normalized spacial score (nSPS) is 18.8. The van der Waals surface area contributed by atoms with Gasteiger partial charge in [0.25, 0.3) is 11.8 Å². The fourth-order valence-electron chi connectivity index (χ4n) is 4.32. The summed E-state index contributed by atoms with van der Waals surface area (Å²) in [4.78, 5) is 32.3. The molecular formula is C27H30IN3O4S. The number of primary amides is 1. The van der Waals surface area contributed by atoms with E-state index >= 15 is 0 Å². The maximum absolute atomic E-state index is 13.7. The lowest BCUT2D eigenvalue weighted by Gasteiger charge is -2.30. The molecular weight excluding hydrogens is 589 g/mol. The number of thioether (sulfide) groups is 1. The monoisotopic (exact) mass is 619 g/mol. The van der Waals surface area contributed by atoms with Crippen LogP contribution in [0.4, 0.5) is 5.69 Å². The first-order valence-electron chi connectivity index (χ1n) is 12.1. The third-order valence-corrected chi connectivity index (χ3v) is 7.81. The van der Waals surface area contributed by atoms with Crippen molar-refractivity contribution >= 4 is 63.1 Å². The molecule has 1 saturated carbocycles. The minimum atomic E-state index is -0.560. The Kier molecular flexibility index (Phi) is 8.95. The van der Waals surface area contributed by atoms with E-state index < -0.39 is 5.91 Å². The number of carbonyl (C=O) groups is 2. The number of hydrogen-bond donors (Lipinski definition) is 1. The van der Waals surface area contributed by atoms with Crippen molar-refractivity contribution in [2.75, 3.05) is 13.2 Å². The molecule has 0 aromatic heterocycles. The number of nitrogens with two attached hydrogens (primary N) is 1. The Balaban J connectivity index is 1.69. The molecule has 4 rings (SSSR count). The van der Waals surface area contributed by atoms with Crippen molar-refractivity contribution in [1.82, 2.24) is 4.90 Å². The molecule has 2 fully saturated rings. The summed E-state index contributed by atoms with van der Waals surface area (Å²) in [5, 5.41) is 0.725. The van der Waals surface area contributed by atoms with E-state index in [-0.39, 0.29) is 18.6 Å². The minimum absolute atomic E-state index is 0.0141. The average Bonchev–Trinajstić information content (AvgIpc) is 3.15. The lowest BCUT2D eigenvalue weighted by Crippen LogP contribution is -2.40. The van der Waals surface area contributed by atoms with Gasteiger partial charge >= 0.3 is 0 Å². The van der Waals surface area contributed by atoms with Gasteiger partial charge in [0.15, 0.2) is 23.3 Å². The number of halogens is 1. The van der Waals surface area contributed by atoms with E-state index in [1.54, 1.807) is 0 Å². The maximum Gasteiger partial charge on any atom is 0.267 e. The molecule has 7 nitrogen and oxygen atoms in total. The van der Waals surface area contributed by atoms with E-state index in [9.17, 15) is 9.59 Å². The molecule has 0 unspecified atom stereocenters. The Morgan fingerprint density at radius 2 is 1.92 bits per heavy atom. The van der Waals surface area contributed by atoms with Crippen LogP contribution in [0.15, 0.2) is 46.3 Å². The molecule has 2 aromatic rings. The van der Waals surface area contributed by atoms with Gasteiger partial charge in [-0.1, -0.05) is 37.0 Å². The van der Waals surface area contributed by atoms with Gasteiger partial charge in [0.05, 0.1) is 20.8 Å². The van der Waals surface area contributed by atoms with Crippen molar-refractivity contribution in [2.45, 2.75) is 52.0 Å². The number of aryl methyl sites for hydroxylation is 1. The Hall–Kier alpha value is -2.53. The summed E-state index contributed by atoms with van der Waals surface area (Å²) < 4.78 is 12.1. The highest BCUT2D eigenvalue weighted by Crippen LogP contribution is 2.40. The SMILES string of the molecule is CCOc1cc(/C=C2/SC(=Nc3ccc(C)cc3)N(C3CCCCC3)C2=O)cc(I)c1OCC(N)=O. The molecule has 2 aromatic carbocycles. The van der Waals surface area contributed by atoms with Gasteiger partial charge in [-0.25, -0.2) is 4.99 Å². The van der Waals surface area contributed by atoms with E-state index in [1.807, 2.05) is 61.2 Å². The summed E-state index contributed by atoms with van der Waals surface area (Å²) >= 11 is 3.55. The van der Waals surface area contributed by atoms with Crippen molar-refractivity contribution < 1.29 is 19.1 Å². The number of carbonyl (C=O) groups excluding carboxylic acids is 2. The number of amides is 2. The third-order valence-electron chi connectivity index (χ3n) is 6.02. The van der Waals surface area contributed by atoms with E-state index in [4.69, 9.17) is 20.2 Å². The highest BCUT2D eigenvalue weighted by Gasteiger charge is 2.38. The van der Waals surface area contributed by atoms with E-state index in [0.29, 0.717) is 23.0 Å². The molecule has 2 amide bonds. The number of benzene rings is 2. The first-order valence-corrected chi connectivity index (χ1v) is 14.0. The van der Waals surface area contributed by atoms with Crippen molar-refractivity contribution in [3.8, 4) is 11.5 Å². The summed E-state index contributed by atoms with van der Waals surface area (Å²) in [6, 6.07) is 11.9. The lowest BCUT2D eigenvalue weighted by molar-refractivity contribution is -0.124. The maximum atomic E-state index is 13.7. The van der Waals surface area contributed by atoms with Crippen molar-refractivity contribution in [1.29, 1.82) is 0 Å². The van der Waals surface area contributed by atoms with Gasteiger partial charge in [-0.2, -0.15) is 0 Å². The molecule has 2 aliphatic rings. The summed E-state index contributed by atoms with van der Waals surface area (Å²) in [5.74, 6) is 0.398. The summed E-state index contributed by atoms with van der Waals surface area (Å²) in [6.45, 7) is 4.11. The molecule has 2 N–H and O–H groups in total. The second-order valence-electron chi connectivity index (χ2n) is 8.83.